The highest BCUT2D eigenvalue weighted by Gasteiger charge is 2.03. The lowest BCUT2D eigenvalue weighted by Gasteiger charge is -2.11. The SMILES string of the molecule is CCOc1ccc(NC(=O)CNCc2ccc(OC(C)C)cc2)cc1. The molecular formula is C20H26N2O3. The van der Waals surface area contributed by atoms with E-state index < -0.39 is 0 Å². The van der Waals surface area contributed by atoms with Gasteiger partial charge in [0, 0.05) is 12.2 Å². The van der Waals surface area contributed by atoms with E-state index in [4.69, 9.17) is 9.47 Å². The second-order valence-electron chi connectivity index (χ2n) is 5.92. The quantitative estimate of drug-likeness (QED) is 0.731. The Morgan fingerprint density at radius 2 is 1.64 bits per heavy atom. The molecule has 5 heteroatoms. The lowest BCUT2D eigenvalue weighted by Crippen LogP contribution is -2.27. The second kappa shape index (κ2) is 9.69. The van der Waals surface area contributed by atoms with Gasteiger partial charge in [-0.3, -0.25) is 4.79 Å². The fraction of sp³-hybridized carbons (Fsp3) is 0.350. The molecule has 0 aliphatic rings. The summed E-state index contributed by atoms with van der Waals surface area (Å²) < 4.78 is 11.0. The van der Waals surface area contributed by atoms with E-state index in [1.807, 2.05) is 69.3 Å². The summed E-state index contributed by atoms with van der Waals surface area (Å²) in [5.41, 5.74) is 1.86. The molecule has 2 aromatic carbocycles. The van der Waals surface area contributed by atoms with Crippen LogP contribution in [0.5, 0.6) is 11.5 Å². The Morgan fingerprint density at radius 1 is 1.00 bits per heavy atom. The van der Waals surface area contributed by atoms with Crippen molar-refractivity contribution < 1.29 is 14.3 Å². The van der Waals surface area contributed by atoms with Gasteiger partial charge in [0.1, 0.15) is 11.5 Å². The van der Waals surface area contributed by atoms with Gasteiger partial charge in [0.05, 0.1) is 19.3 Å². The van der Waals surface area contributed by atoms with Gasteiger partial charge >= 0.3 is 0 Å². The Morgan fingerprint density at radius 3 is 2.24 bits per heavy atom. The number of carbonyl (C=O) groups is 1. The summed E-state index contributed by atoms with van der Waals surface area (Å²) in [4.78, 5) is 12.0. The highest BCUT2D eigenvalue weighted by atomic mass is 16.5. The summed E-state index contributed by atoms with van der Waals surface area (Å²) >= 11 is 0. The fourth-order valence-electron chi connectivity index (χ4n) is 2.28. The van der Waals surface area contributed by atoms with Crippen molar-refractivity contribution in [2.24, 2.45) is 0 Å². The zero-order valence-electron chi connectivity index (χ0n) is 15.0. The maximum Gasteiger partial charge on any atom is 0.238 e. The van der Waals surface area contributed by atoms with Gasteiger partial charge in [-0.25, -0.2) is 0 Å². The highest BCUT2D eigenvalue weighted by molar-refractivity contribution is 5.92. The summed E-state index contributed by atoms with van der Waals surface area (Å²) in [7, 11) is 0. The first-order chi connectivity index (χ1) is 12.1. The van der Waals surface area contributed by atoms with Crippen LogP contribution in [0.25, 0.3) is 0 Å². The first-order valence-corrected chi connectivity index (χ1v) is 8.56. The predicted octanol–water partition coefficient (Wildman–Crippen LogP) is 3.60. The standard InChI is InChI=1S/C20H26N2O3/c1-4-24-18-11-7-17(8-12-18)22-20(23)14-21-13-16-5-9-19(10-6-16)25-15(2)3/h5-12,15,21H,4,13-14H2,1-3H3,(H,22,23). The van der Waals surface area contributed by atoms with Crippen LogP contribution in [0.15, 0.2) is 48.5 Å². The van der Waals surface area contributed by atoms with Gasteiger partial charge < -0.3 is 20.1 Å². The molecular weight excluding hydrogens is 316 g/mol. The first kappa shape index (κ1) is 18.8. The number of anilines is 1. The molecule has 134 valence electrons. The third kappa shape index (κ3) is 6.85. The van der Waals surface area contributed by atoms with Gasteiger partial charge in [-0.15, -0.1) is 0 Å². The summed E-state index contributed by atoms with van der Waals surface area (Å²) in [6.07, 6.45) is 0.162. The van der Waals surface area contributed by atoms with Crippen molar-refractivity contribution in [2.75, 3.05) is 18.5 Å². The number of benzene rings is 2. The van der Waals surface area contributed by atoms with Gasteiger partial charge in [-0.2, -0.15) is 0 Å². The molecule has 0 heterocycles. The lowest BCUT2D eigenvalue weighted by atomic mass is 10.2. The molecule has 0 aliphatic carbocycles. The molecule has 2 N–H and O–H groups in total. The molecule has 0 fully saturated rings. The van der Waals surface area contributed by atoms with Gasteiger partial charge in [-0.1, -0.05) is 12.1 Å². The van der Waals surface area contributed by atoms with E-state index in [9.17, 15) is 4.79 Å². The normalized spacial score (nSPS) is 10.6. The lowest BCUT2D eigenvalue weighted by molar-refractivity contribution is -0.115. The van der Waals surface area contributed by atoms with Gasteiger partial charge in [0.25, 0.3) is 0 Å². The number of nitrogens with one attached hydrogen (secondary N) is 2. The van der Waals surface area contributed by atoms with E-state index in [0.717, 1.165) is 22.7 Å². The molecule has 5 nitrogen and oxygen atoms in total. The molecule has 0 spiro atoms. The minimum absolute atomic E-state index is 0.0797. The minimum atomic E-state index is -0.0797. The highest BCUT2D eigenvalue weighted by Crippen LogP contribution is 2.15. The average Bonchev–Trinajstić information content (AvgIpc) is 2.58. The number of hydrogen-bond donors (Lipinski definition) is 2. The molecule has 25 heavy (non-hydrogen) atoms. The maximum absolute atomic E-state index is 12.0. The average molecular weight is 342 g/mol. The van der Waals surface area contributed by atoms with E-state index in [1.54, 1.807) is 0 Å². The smallest absolute Gasteiger partial charge is 0.238 e. The molecule has 0 saturated heterocycles. The molecule has 0 unspecified atom stereocenters. The van der Waals surface area contributed by atoms with E-state index in [0.29, 0.717) is 13.2 Å². The van der Waals surface area contributed by atoms with E-state index >= 15 is 0 Å². The van der Waals surface area contributed by atoms with E-state index in [1.165, 1.54) is 0 Å². The van der Waals surface area contributed by atoms with Crippen LogP contribution in [0.3, 0.4) is 0 Å². The Bertz CT molecular complexity index is 652. The molecule has 0 bridgehead atoms. The van der Waals surface area contributed by atoms with Crippen LogP contribution in [-0.2, 0) is 11.3 Å². The van der Waals surface area contributed by atoms with E-state index in [2.05, 4.69) is 10.6 Å². The van der Waals surface area contributed by atoms with Crippen molar-refractivity contribution in [1.82, 2.24) is 5.32 Å². The van der Waals surface area contributed by atoms with Crippen LogP contribution in [-0.4, -0.2) is 25.2 Å². The Balaban J connectivity index is 1.72. The van der Waals surface area contributed by atoms with Crippen LogP contribution < -0.4 is 20.1 Å². The zero-order valence-corrected chi connectivity index (χ0v) is 15.0. The monoisotopic (exact) mass is 342 g/mol. The molecule has 0 radical (unpaired) electrons. The van der Waals surface area contributed by atoms with E-state index in [-0.39, 0.29) is 18.6 Å². The largest absolute Gasteiger partial charge is 0.494 e. The van der Waals surface area contributed by atoms with Gasteiger partial charge in [0.15, 0.2) is 0 Å². The molecule has 2 aromatic rings. The zero-order chi connectivity index (χ0) is 18.1. The maximum atomic E-state index is 12.0. The number of carbonyl (C=O) groups excluding carboxylic acids is 1. The molecule has 1 amide bonds. The van der Waals surface area contributed by atoms with Crippen LogP contribution >= 0.6 is 0 Å². The van der Waals surface area contributed by atoms with Crippen molar-refractivity contribution in [1.29, 1.82) is 0 Å². The summed E-state index contributed by atoms with van der Waals surface area (Å²) in [6.45, 7) is 7.43. The number of ether oxygens (including phenoxy) is 2. The van der Waals surface area contributed by atoms with Crippen molar-refractivity contribution in [3.8, 4) is 11.5 Å². The topological polar surface area (TPSA) is 59.6 Å². The van der Waals surface area contributed by atoms with Crippen molar-refractivity contribution >= 4 is 11.6 Å². The minimum Gasteiger partial charge on any atom is -0.494 e. The third-order valence-corrected chi connectivity index (χ3v) is 3.36. The second-order valence-corrected chi connectivity index (χ2v) is 5.92. The number of amides is 1. The number of hydrogen-bond acceptors (Lipinski definition) is 4. The Hall–Kier alpha value is -2.53. The van der Waals surface area contributed by atoms with Crippen molar-refractivity contribution in [3.63, 3.8) is 0 Å². The molecule has 0 aromatic heterocycles. The predicted molar refractivity (Wildman–Crippen MR) is 100 cm³/mol. The Kier molecular flexibility index (Phi) is 7.29. The summed E-state index contributed by atoms with van der Waals surface area (Å²) in [6, 6.07) is 15.2. The van der Waals surface area contributed by atoms with Crippen LogP contribution in [0.1, 0.15) is 26.3 Å². The molecule has 0 aliphatic heterocycles. The van der Waals surface area contributed by atoms with Crippen LogP contribution in [0, 0.1) is 0 Å². The molecule has 0 atom stereocenters. The van der Waals surface area contributed by atoms with Gasteiger partial charge in [0.2, 0.25) is 5.91 Å². The first-order valence-electron chi connectivity index (χ1n) is 8.56. The number of rotatable bonds is 9. The summed E-state index contributed by atoms with van der Waals surface area (Å²) in [5, 5.41) is 5.99. The van der Waals surface area contributed by atoms with Gasteiger partial charge in [-0.05, 0) is 62.7 Å². The molecule has 0 saturated carbocycles. The van der Waals surface area contributed by atoms with Crippen LogP contribution in [0.2, 0.25) is 0 Å². The van der Waals surface area contributed by atoms with Crippen LogP contribution in [0.4, 0.5) is 5.69 Å². The van der Waals surface area contributed by atoms with Crippen molar-refractivity contribution in [2.45, 2.75) is 33.4 Å². The Labute approximate surface area is 149 Å². The fourth-order valence-corrected chi connectivity index (χ4v) is 2.28. The third-order valence-electron chi connectivity index (χ3n) is 3.36. The summed E-state index contributed by atoms with van der Waals surface area (Å²) in [5.74, 6) is 1.57. The van der Waals surface area contributed by atoms with Crippen molar-refractivity contribution in [3.05, 3.63) is 54.1 Å². The molecule has 2 rings (SSSR count).